The molecule has 0 aromatic rings. The highest BCUT2D eigenvalue weighted by Gasteiger charge is 2.21. The molecule has 0 saturated carbocycles. The summed E-state index contributed by atoms with van der Waals surface area (Å²) in [5, 5.41) is 0. The van der Waals surface area contributed by atoms with E-state index in [2.05, 4.69) is 75.0 Å². The number of carbonyl (C=O) groups is 4. The summed E-state index contributed by atoms with van der Waals surface area (Å²) in [6.45, 7) is 32.4. The van der Waals surface area contributed by atoms with Gasteiger partial charge in [-0.2, -0.15) is 0 Å². The highest BCUT2D eigenvalue weighted by atomic mass is 16.6. The zero-order valence-corrected chi connectivity index (χ0v) is 72.5. The predicted molar refractivity (Wildman–Crippen MR) is 455 cm³/mol. The number of carbonyl (C=O) groups excluding carboxylic acids is 4. The maximum Gasteiger partial charge on any atom is 0.306 e. The smallest absolute Gasteiger partial charge is 0.306 e. The fourth-order valence-electron chi connectivity index (χ4n) is 15.6. The Morgan fingerprint density at radius 2 is 0.462 bits per heavy atom. The molecule has 0 amide bonds. The van der Waals surface area contributed by atoms with Gasteiger partial charge in [0.1, 0.15) is 12.2 Å². The first-order valence-electron chi connectivity index (χ1n) is 47.6. The summed E-state index contributed by atoms with van der Waals surface area (Å²) < 4.78 is 24.0. The van der Waals surface area contributed by atoms with Crippen molar-refractivity contribution in [1.29, 1.82) is 0 Å². The molecule has 1 fully saturated rings. The third-order valence-electron chi connectivity index (χ3n) is 23.1. The van der Waals surface area contributed by atoms with E-state index in [1.807, 2.05) is 0 Å². The average molecular weight is 1500 g/mol. The molecule has 1 rings (SSSR count). The lowest BCUT2D eigenvalue weighted by Gasteiger charge is -2.37. The third kappa shape index (κ3) is 69.6. The molecule has 12 nitrogen and oxygen atoms in total. The SMILES string of the molecule is CCCCCCCCCC(C)COC(=O)CCCCCN(CCCCCCCC(=O)OC(CCCCCCCC)CCCCCCCC)CCN1CCN(CCN(CCCCCCCC(=O)OC(CCCCCCCC)CCCCCCCC)CCCCCC(=O)OCC(C)CCCCCCCCC)CC1. The Bertz CT molecular complexity index is 1700. The second-order valence-corrected chi connectivity index (χ2v) is 33.9. The van der Waals surface area contributed by atoms with Crippen molar-refractivity contribution in [2.24, 2.45) is 11.8 Å². The van der Waals surface area contributed by atoms with Gasteiger partial charge in [0.05, 0.1) is 13.2 Å². The van der Waals surface area contributed by atoms with E-state index in [9.17, 15) is 19.2 Å². The minimum absolute atomic E-state index is 0.0240. The molecule has 1 saturated heterocycles. The Labute approximate surface area is 660 Å². The van der Waals surface area contributed by atoms with Crippen LogP contribution < -0.4 is 0 Å². The van der Waals surface area contributed by atoms with Gasteiger partial charge >= 0.3 is 23.9 Å². The topological polar surface area (TPSA) is 118 Å². The average Bonchev–Trinajstić information content (AvgIpc) is 0.904. The highest BCUT2D eigenvalue weighted by molar-refractivity contribution is 5.70. The van der Waals surface area contributed by atoms with Gasteiger partial charge in [0, 0.05) is 78.0 Å². The summed E-state index contributed by atoms with van der Waals surface area (Å²) in [5.74, 6) is 0.861. The second kappa shape index (κ2) is 79.4. The maximum absolute atomic E-state index is 13.2. The fourth-order valence-corrected chi connectivity index (χ4v) is 15.6. The first kappa shape index (κ1) is 102. The Balaban J connectivity index is 2.85. The van der Waals surface area contributed by atoms with Crippen molar-refractivity contribution in [3.05, 3.63) is 0 Å². The van der Waals surface area contributed by atoms with E-state index in [1.54, 1.807) is 0 Å². The van der Waals surface area contributed by atoms with Crippen molar-refractivity contribution in [2.45, 2.75) is 479 Å². The van der Waals surface area contributed by atoms with Crippen LogP contribution in [0.1, 0.15) is 466 Å². The van der Waals surface area contributed by atoms with E-state index in [-0.39, 0.29) is 36.1 Å². The largest absolute Gasteiger partial charge is 0.465 e. The van der Waals surface area contributed by atoms with Crippen LogP contribution in [0.5, 0.6) is 0 Å². The molecule has 12 heteroatoms. The van der Waals surface area contributed by atoms with Gasteiger partial charge in [-0.1, -0.05) is 325 Å². The van der Waals surface area contributed by atoms with Crippen molar-refractivity contribution >= 4 is 23.9 Å². The lowest BCUT2D eigenvalue weighted by atomic mass is 10.0. The Hall–Kier alpha value is -2.28. The summed E-state index contributed by atoms with van der Waals surface area (Å²) in [6.07, 6.45) is 74.9. The molecule has 2 unspecified atom stereocenters. The van der Waals surface area contributed by atoms with E-state index in [0.29, 0.717) is 50.7 Å². The molecule has 2 atom stereocenters. The fraction of sp³-hybridized carbons (Fsp3) is 0.957. The lowest BCUT2D eigenvalue weighted by molar-refractivity contribution is -0.151. The van der Waals surface area contributed by atoms with E-state index < -0.39 is 0 Å². The molecular weight excluding hydrogens is 1310 g/mol. The molecule has 0 aromatic carbocycles. The molecule has 0 aliphatic carbocycles. The van der Waals surface area contributed by atoms with E-state index in [1.165, 1.54) is 270 Å². The van der Waals surface area contributed by atoms with Gasteiger partial charge in [0.25, 0.3) is 0 Å². The molecule has 0 radical (unpaired) electrons. The zero-order valence-electron chi connectivity index (χ0n) is 72.5. The zero-order chi connectivity index (χ0) is 76.9. The first-order chi connectivity index (χ1) is 52.0. The van der Waals surface area contributed by atoms with Crippen LogP contribution in [-0.4, -0.2) is 147 Å². The standard InChI is InChI=1S/C94H184N4O8/c1-9-15-21-27-33-37-49-63-87(7)85-103-91(99)69-57-47-61-75-95(73-59-45-35-43-55-71-93(101)105-89(65-51-39-29-23-17-11-3)66-52-40-30-24-18-12-4)77-79-97-81-83-98(84-82-97)80-78-96(76-62-48-58-70-92(100)104-86-88(8)64-50-38-34-28-22-16-10-2)74-60-46-36-44-56-72-94(102)106-90(67-53-41-31-25-19-13-5)68-54-42-32-26-20-14-6/h87-90H,9-86H2,1-8H3. The Morgan fingerprint density at radius 1 is 0.255 bits per heavy atom. The molecule has 1 heterocycles. The van der Waals surface area contributed by atoms with Crippen molar-refractivity contribution in [1.82, 2.24) is 19.6 Å². The molecule has 0 spiro atoms. The van der Waals surface area contributed by atoms with Crippen LogP contribution in [0.3, 0.4) is 0 Å². The third-order valence-corrected chi connectivity index (χ3v) is 23.1. The van der Waals surface area contributed by atoms with E-state index in [4.69, 9.17) is 18.9 Å². The van der Waals surface area contributed by atoms with E-state index in [0.717, 1.165) is 194 Å². The van der Waals surface area contributed by atoms with Crippen LogP contribution in [0.25, 0.3) is 0 Å². The summed E-state index contributed by atoms with van der Waals surface area (Å²) in [4.78, 5) is 62.9. The maximum atomic E-state index is 13.2. The number of unbranched alkanes of at least 4 members (excludes halogenated alkanes) is 44. The summed E-state index contributed by atoms with van der Waals surface area (Å²) >= 11 is 0. The van der Waals surface area contributed by atoms with Gasteiger partial charge in [0.2, 0.25) is 0 Å². The molecule has 628 valence electrons. The second-order valence-electron chi connectivity index (χ2n) is 33.9. The number of hydrogen-bond donors (Lipinski definition) is 0. The summed E-state index contributed by atoms with van der Waals surface area (Å²) in [6, 6.07) is 0. The van der Waals surface area contributed by atoms with Gasteiger partial charge in [-0.15, -0.1) is 0 Å². The van der Waals surface area contributed by atoms with Gasteiger partial charge in [-0.25, -0.2) is 0 Å². The van der Waals surface area contributed by atoms with Crippen molar-refractivity contribution in [3.8, 4) is 0 Å². The minimum atomic E-state index is -0.0249. The minimum Gasteiger partial charge on any atom is -0.465 e. The van der Waals surface area contributed by atoms with Gasteiger partial charge < -0.3 is 28.7 Å². The molecule has 1 aliphatic rings. The summed E-state index contributed by atoms with van der Waals surface area (Å²) in [7, 11) is 0. The number of piperazine rings is 1. The lowest BCUT2D eigenvalue weighted by Crippen LogP contribution is -2.50. The van der Waals surface area contributed by atoms with Crippen LogP contribution in [0.2, 0.25) is 0 Å². The highest BCUT2D eigenvalue weighted by Crippen LogP contribution is 2.23. The normalized spacial score (nSPS) is 13.6. The number of esters is 4. The molecule has 0 aromatic heterocycles. The van der Waals surface area contributed by atoms with Crippen LogP contribution in [0, 0.1) is 11.8 Å². The predicted octanol–water partition coefficient (Wildman–Crippen LogP) is 26.5. The van der Waals surface area contributed by atoms with Gasteiger partial charge in [-0.05, 0) is 154 Å². The van der Waals surface area contributed by atoms with Gasteiger partial charge in [-0.3, -0.25) is 29.0 Å². The monoisotopic (exact) mass is 1500 g/mol. The number of nitrogens with zero attached hydrogens (tertiary/aromatic N) is 4. The molecule has 106 heavy (non-hydrogen) atoms. The number of rotatable bonds is 84. The molecular formula is C94H184N4O8. The van der Waals surface area contributed by atoms with Crippen LogP contribution in [0.4, 0.5) is 0 Å². The van der Waals surface area contributed by atoms with E-state index >= 15 is 0 Å². The first-order valence-corrected chi connectivity index (χ1v) is 47.6. The number of ether oxygens (including phenoxy) is 4. The molecule has 0 N–H and O–H groups in total. The summed E-state index contributed by atoms with van der Waals surface area (Å²) in [5.41, 5.74) is 0. The van der Waals surface area contributed by atoms with Gasteiger partial charge in [0.15, 0.2) is 0 Å². The van der Waals surface area contributed by atoms with Crippen molar-refractivity contribution in [2.75, 3.05) is 91.8 Å². The van der Waals surface area contributed by atoms with Crippen LogP contribution >= 0.6 is 0 Å². The van der Waals surface area contributed by atoms with Crippen molar-refractivity contribution in [3.63, 3.8) is 0 Å². The van der Waals surface area contributed by atoms with Crippen LogP contribution in [0.15, 0.2) is 0 Å². The molecule has 0 bridgehead atoms. The van der Waals surface area contributed by atoms with Crippen molar-refractivity contribution < 1.29 is 38.1 Å². The number of hydrogen-bond acceptors (Lipinski definition) is 12. The quantitative estimate of drug-likeness (QED) is 0.0328. The Morgan fingerprint density at radius 3 is 0.726 bits per heavy atom. The molecule has 1 aliphatic heterocycles. The Kier molecular flexibility index (Phi) is 76.2. The van der Waals surface area contributed by atoms with Crippen LogP contribution in [-0.2, 0) is 38.1 Å².